The van der Waals surface area contributed by atoms with Gasteiger partial charge in [0, 0.05) is 18.6 Å². The summed E-state index contributed by atoms with van der Waals surface area (Å²) in [5.41, 5.74) is 0. The van der Waals surface area contributed by atoms with Gasteiger partial charge in [-0.05, 0) is 46.6 Å². The fourth-order valence-electron chi connectivity index (χ4n) is 1.93. The third-order valence-corrected chi connectivity index (χ3v) is 3.16. The first-order valence-electron chi connectivity index (χ1n) is 5.90. The zero-order valence-corrected chi connectivity index (χ0v) is 10.3. The van der Waals surface area contributed by atoms with Crippen molar-refractivity contribution in [3.63, 3.8) is 0 Å². The minimum Gasteiger partial charge on any atom is -0.301 e. The van der Waals surface area contributed by atoms with Gasteiger partial charge in [-0.25, -0.2) is 0 Å². The van der Waals surface area contributed by atoms with Crippen LogP contribution in [0, 0.1) is 17.2 Å². The number of nitrogens with one attached hydrogen (secondary N) is 1. The summed E-state index contributed by atoms with van der Waals surface area (Å²) in [6, 6.07) is 3.28. The molecule has 0 radical (unpaired) electrons. The average molecular weight is 209 g/mol. The van der Waals surface area contributed by atoms with Crippen molar-refractivity contribution in [2.45, 2.75) is 51.7 Å². The fourth-order valence-corrected chi connectivity index (χ4v) is 1.93. The minimum atomic E-state index is -0.0452. The highest BCUT2D eigenvalue weighted by Crippen LogP contribution is 2.34. The van der Waals surface area contributed by atoms with Crippen molar-refractivity contribution in [1.29, 1.82) is 5.26 Å². The van der Waals surface area contributed by atoms with Gasteiger partial charge < -0.3 is 4.90 Å². The van der Waals surface area contributed by atoms with E-state index in [-0.39, 0.29) is 6.04 Å². The van der Waals surface area contributed by atoms with Gasteiger partial charge >= 0.3 is 0 Å². The van der Waals surface area contributed by atoms with Crippen LogP contribution < -0.4 is 5.32 Å². The van der Waals surface area contributed by atoms with E-state index in [2.05, 4.69) is 44.1 Å². The molecule has 1 aliphatic carbocycles. The molecule has 0 aromatic heterocycles. The summed E-state index contributed by atoms with van der Waals surface area (Å²) in [5, 5.41) is 12.3. The number of nitrogens with zero attached hydrogens (tertiary/aromatic N) is 2. The van der Waals surface area contributed by atoms with Gasteiger partial charge in [-0.15, -0.1) is 0 Å². The third-order valence-electron chi connectivity index (χ3n) is 3.16. The lowest BCUT2D eigenvalue weighted by molar-refractivity contribution is 0.219. The molecule has 1 saturated carbocycles. The molecule has 0 amide bonds. The molecule has 0 saturated heterocycles. The Morgan fingerprint density at radius 1 is 1.40 bits per heavy atom. The number of rotatable bonds is 6. The zero-order valence-electron chi connectivity index (χ0n) is 10.3. The van der Waals surface area contributed by atoms with Gasteiger partial charge in [0.2, 0.25) is 0 Å². The van der Waals surface area contributed by atoms with E-state index < -0.39 is 0 Å². The average Bonchev–Trinajstić information content (AvgIpc) is 2.97. The summed E-state index contributed by atoms with van der Waals surface area (Å²) in [5.74, 6) is 0.869. The Balaban J connectivity index is 2.33. The molecule has 3 nitrogen and oxygen atoms in total. The highest BCUT2D eigenvalue weighted by Gasteiger charge is 2.31. The summed E-state index contributed by atoms with van der Waals surface area (Å²) in [4.78, 5) is 2.31. The van der Waals surface area contributed by atoms with Crippen LogP contribution in [0.3, 0.4) is 0 Å². The Kier molecular flexibility index (Phi) is 4.56. The highest BCUT2D eigenvalue weighted by molar-refractivity contribution is 4.94. The molecule has 0 spiro atoms. The van der Waals surface area contributed by atoms with Crippen molar-refractivity contribution in [2.24, 2.45) is 5.92 Å². The Labute approximate surface area is 93.5 Å². The zero-order chi connectivity index (χ0) is 11.4. The molecule has 2 unspecified atom stereocenters. The lowest BCUT2D eigenvalue weighted by Crippen LogP contribution is -2.44. The topological polar surface area (TPSA) is 39.1 Å². The van der Waals surface area contributed by atoms with Gasteiger partial charge in [-0.1, -0.05) is 0 Å². The SMILES string of the molecule is CC(C)NC(C#N)CN(C)C(C)C1CC1. The molecule has 1 aliphatic rings. The summed E-state index contributed by atoms with van der Waals surface area (Å²) in [6.07, 6.45) is 2.72. The molecule has 0 heterocycles. The molecule has 0 aliphatic heterocycles. The Bertz CT molecular complexity index is 228. The molecule has 15 heavy (non-hydrogen) atoms. The van der Waals surface area contributed by atoms with Gasteiger partial charge in [0.25, 0.3) is 0 Å². The molecule has 1 rings (SSSR count). The first kappa shape index (κ1) is 12.5. The van der Waals surface area contributed by atoms with Crippen LogP contribution in [0.1, 0.15) is 33.6 Å². The van der Waals surface area contributed by atoms with E-state index in [1.807, 2.05) is 0 Å². The molecule has 0 bridgehead atoms. The van der Waals surface area contributed by atoms with Crippen LogP contribution in [0.25, 0.3) is 0 Å². The quantitative estimate of drug-likeness (QED) is 0.722. The van der Waals surface area contributed by atoms with Gasteiger partial charge in [0.1, 0.15) is 6.04 Å². The van der Waals surface area contributed by atoms with Crippen LogP contribution in [0.15, 0.2) is 0 Å². The number of hydrogen-bond donors (Lipinski definition) is 1. The van der Waals surface area contributed by atoms with Crippen LogP contribution in [-0.4, -0.2) is 36.6 Å². The molecule has 1 fully saturated rings. The van der Waals surface area contributed by atoms with Crippen LogP contribution in [-0.2, 0) is 0 Å². The Morgan fingerprint density at radius 3 is 2.40 bits per heavy atom. The monoisotopic (exact) mass is 209 g/mol. The summed E-state index contributed by atoms with van der Waals surface area (Å²) >= 11 is 0. The van der Waals surface area contributed by atoms with Crippen molar-refractivity contribution in [3.05, 3.63) is 0 Å². The second-order valence-corrected chi connectivity index (χ2v) is 5.02. The van der Waals surface area contributed by atoms with Crippen LogP contribution in [0.2, 0.25) is 0 Å². The maximum atomic E-state index is 9.02. The van der Waals surface area contributed by atoms with Crippen molar-refractivity contribution in [2.75, 3.05) is 13.6 Å². The van der Waals surface area contributed by atoms with E-state index in [0.29, 0.717) is 12.1 Å². The molecule has 86 valence electrons. The molecular weight excluding hydrogens is 186 g/mol. The molecule has 2 atom stereocenters. The first-order chi connectivity index (χ1) is 7.04. The lowest BCUT2D eigenvalue weighted by atomic mass is 10.1. The number of hydrogen-bond acceptors (Lipinski definition) is 3. The predicted molar refractivity (Wildman–Crippen MR) is 62.5 cm³/mol. The van der Waals surface area contributed by atoms with E-state index in [0.717, 1.165) is 12.5 Å². The summed E-state index contributed by atoms with van der Waals surface area (Å²) in [7, 11) is 2.12. The first-order valence-corrected chi connectivity index (χ1v) is 5.90. The second-order valence-electron chi connectivity index (χ2n) is 5.02. The summed E-state index contributed by atoms with van der Waals surface area (Å²) in [6.45, 7) is 7.25. The van der Waals surface area contributed by atoms with Gasteiger partial charge in [0.15, 0.2) is 0 Å². The normalized spacial score (nSPS) is 20.3. The van der Waals surface area contributed by atoms with E-state index in [4.69, 9.17) is 5.26 Å². The Morgan fingerprint density at radius 2 is 2.00 bits per heavy atom. The lowest BCUT2D eigenvalue weighted by Gasteiger charge is -2.27. The van der Waals surface area contributed by atoms with Crippen molar-refractivity contribution in [1.82, 2.24) is 10.2 Å². The van der Waals surface area contributed by atoms with Crippen LogP contribution in [0.4, 0.5) is 0 Å². The number of nitriles is 1. The van der Waals surface area contributed by atoms with Gasteiger partial charge in [0.05, 0.1) is 6.07 Å². The van der Waals surface area contributed by atoms with E-state index in [9.17, 15) is 0 Å². The molecule has 3 heteroatoms. The van der Waals surface area contributed by atoms with Gasteiger partial charge in [-0.3, -0.25) is 5.32 Å². The molecule has 1 N–H and O–H groups in total. The minimum absolute atomic E-state index is 0.0452. The second kappa shape index (κ2) is 5.48. The molecule has 0 aromatic rings. The standard InChI is InChI=1S/C12H23N3/c1-9(2)14-12(7-13)8-15(4)10(3)11-5-6-11/h9-12,14H,5-6,8H2,1-4H3. The van der Waals surface area contributed by atoms with Crippen molar-refractivity contribution in [3.8, 4) is 6.07 Å². The summed E-state index contributed by atoms with van der Waals surface area (Å²) < 4.78 is 0. The third kappa shape index (κ3) is 4.19. The number of likely N-dealkylation sites (N-methyl/N-ethyl adjacent to an activating group) is 1. The van der Waals surface area contributed by atoms with Crippen molar-refractivity contribution >= 4 is 0 Å². The van der Waals surface area contributed by atoms with Crippen LogP contribution >= 0.6 is 0 Å². The van der Waals surface area contributed by atoms with E-state index in [1.54, 1.807) is 0 Å². The smallest absolute Gasteiger partial charge is 0.108 e. The van der Waals surface area contributed by atoms with E-state index >= 15 is 0 Å². The van der Waals surface area contributed by atoms with Gasteiger partial charge in [-0.2, -0.15) is 5.26 Å². The molecule has 0 aromatic carbocycles. The Hall–Kier alpha value is -0.590. The molecular formula is C12H23N3. The van der Waals surface area contributed by atoms with Crippen LogP contribution in [0.5, 0.6) is 0 Å². The maximum absolute atomic E-state index is 9.02. The highest BCUT2D eigenvalue weighted by atomic mass is 15.2. The van der Waals surface area contributed by atoms with Crippen molar-refractivity contribution < 1.29 is 0 Å². The van der Waals surface area contributed by atoms with E-state index in [1.165, 1.54) is 12.8 Å². The fraction of sp³-hybridized carbons (Fsp3) is 0.917. The predicted octanol–water partition coefficient (Wildman–Crippen LogP) is 1.61. The maximum Gasteiger partial charge on any atom is 0.108 e. The largest absolute Gasteiger partial charge is 0.301 e.